The predicted octanol–water partition coefficient (Wildman–Crippen LogP) is 4.70. The number of carbonyl (C=O) groups is 2. The van der Waals surface area contributed by atoms with E-state index in [1.807, 2.05) is 0 Å². The molecule has 0 spiro atoms. The van der Waals surface area contributed by atoms with Crippen molar-refractivity contribution in [1.29, 1.82) is 0 Å². The van der Waals surface area contributed by atoms with Crippen LogP contribution in [-0.2, 0) is 0 Å². The fourth-order valence-electron chi connectivity index (χ4n) is 2.38. The highest BCUT2D eigenvalue weighted by molar-refractivity contribution is 6.04. The zero-order chi connectivity index (χ0) is 20.3. The number of amides is 1. The molecule has 0 aliphatic heterocycles. The first-order valence-electron chi connectivity index (χ1n) is 8.14. The van der Waals surface area contributed by atoms with Crippen molar-refractivity contribution >= 4 is 28.9 Å². The Labute approximate surface area is 158 Å². The normalized spacial score (nSPS) is 10.4. The lowest BCUT2D eigenvalue weighted by Gasteiger charge is -2.09. The van der Waals surface area contributed by atoms with E-state index >= 15 is 0 Å². The van der Waals surface area contributed by atoms with Crippen LogP contribution in [0, 0.1) is 17.5 Å². The maximum absolute atomic E-state index is 13.7. The van der Waals surface area contributed by atoms with Gasteiger partial charge in [0.1, 0.15) is 5.82 Å². The second-order valence-corrected chi connectivity index (χ2v) is 5.87. The monoisotopic (exact) mass is 385 g/mol. The zero-order valence-corrected chi connectivity index (χ0v) is 14.6. The molecular formula is C20H14F3N3O2. The topological polar surface area (TPSA) is 71.1 Å². The molecule has 28 heavy (non-hydrogen) atoms. The van der Waals surface area contributed by atoms with Gasteiger partial charge < -0.3 is 10.6 Å². The Morgan fingerprint density at radius 2 is 1.71 bits per heavy atom. The van der Waals surface area contributed by atoms with Crippen LogP contribution >= 0.6 is 0 Å². The SMILES string of the molecule is CC(=O)c1cccc(Nc2ccc(C(=O)Nc3ccc(F)c(F)c3F)cn2)c1. The van der Waals surface area contributed by atoms with E-state index in [-0.39, 0.29) is 11.3 Å². The summed E-state index contributed by atoms with van der Waals surface area (Å²) in [7, 11) is 0. The van der Waals surface area contributed by atoms with Crippen LogP contribution in [0.1, 0.15) is 27.6 Å². The minimum absolute atomic E-state index is 0.0758. The second-order valence-electron chi connectivity index (χ2n) is 5.87. The minimum Gasteiger partial charge on any atom is -0.340 e. The first-order chi connectivity index (χ1) is 13.3. The average Bonchev–Trinajstić information content (AvgIpc) is 2.69. The van der Waals surface area contributed by atoms with Gasteiger partial charge in [0, 0.05) is 17.4 Å². The van der Waals surface area contributed by atoms with Crippen molar-refractivity contribution in [1.82, 2.24) is 4.98 Å². The molecule has 3 aromatic rings. The summed E-state index contributed by atoms with van der Waals surface area (Å²) in [5.74, 6) is -4.89. The largest absolute Gasteiger partial charge is 0.340 e. The number of rotatable bonds is 5. The third-order valence-corrected chi connectivity index (χ3v) is 3.85. The van der Waals surface area contributed by atoms with Gasteiger partial charge in [0.2, 0.25) is 0 Å². The number of carbonyl (C=O) groups excluding carboxylic acids is 2. The van der Waals surface area contributed by atoms with E-state index < -0.39 is 29.0 Å². The third-order valence-electron chi connectivity index (χ3n) is 3.85. The van der Waals surface area contributed by atoms with Crippen LogP contribution in [0.3, 0.4) is 0 Å². The molecular weight excluding hydrogens is 371 g/mol. The molecule has 5 nitrogen and oxygen atoms in total. The molecule has 0 radical (unpaired) electrons. The number of aromatic nitrogens is 1. The van der Waals surface area contributed by atoms with E-state index in [1.165, 1.54) is 25.3 Å². The lowest BCUT2D eigenvalue weighted by Crippen LogP contribution is -2.14. The van der Waals surface area contributed by atoms with E-state index in [2.05, 4.69) is 15.6 Å². The summed E-state index contributed by atoms with van der Waals surface area (Å²) >= 11 is 0. The number of nitrogens with zero attached hydrogens (tertiary/aromatic N) is 1. The van der Waals surface area contributed by atoms with Gasteiger partial charge in [0.05, 0.1) is 11.3 Å². The number of Topliss-reactive ketones (excluding diaryl/α,β-unsaturated/α-hetero) is 1. The van der Waals surface area contributed by atoms with Crippen LogP contribution < -0.4 is 10.6 Å². The quantitative estimate of drug-likeness (QED) is 0.493. The summed E-state index contributed by atoms with van der Waals surface area (Å²) in [4.78, 5) is 27.7. The number of anilines is 3. The van der Waals surface area contributed by atoms with Crippen LogP contribution in [0.2, 0.25) is 0 Å². The number of halogens is 3. The van der Waals surface area contributed by atoms with Gasteiger partial charge in [-0.1, -0.05) is 12.1 Å². The summed E-state index contributed by atoms with van der Waals surface area (Å²) in [6.07, 6.45) is 1.24. The predicted molar refractivity (Wildman–Crippen MR) is 98.2 cm³/mol. The molecule has 3 rings (SSSR count). The summed E-state index contributed by atoms with van der Waals surface area (Å²) in [5.41, 5.74) is 0.787. The number of hydrogen-bond acceptors (Lipinski definition) is 4. The fraction of sp³-hybridized carbons (Fsp3) is 0.0500. The van der Waals surface area contributed by atoms with Crippen molar-refractivity contribution in [2.75, 3.05) is 10.6 Å². The first-order valence-corrected chi connectivity index (χ1v) is 8.14. The smallest absolute Gasteiger partial charge is 0.257 e. The molecule has 2 N–H and O–H groups in total. The van der Waals surface area contributed by atoms with Crippen LogP contribution in [0.25, 0.3) is 0 Å². The van der Waals surface area contributed by atoms with Crippen LogP contribution in [-0.4, -0.2) is 16.7 Å². The van der Waals surface area contributed by atoms with E-state index in [9.17, 15) is 22.8 Å². The molecule has 0 aliphatic rings. The Morgan fingerprint density at radius 1 is 0.929 bits per heavy atom. The molecule has 0 saturated carbocycles. The second kappa shape index (κ2) is 7.91. The number of hydrogen-bond donors (Lipinski definition) is 2. The summed E-state index contributed by atoms with van der Waals surface area (Å²) in [6.45, 7) is 1.46. The van der Waals surface area contributed by atoms with Gasteiger partial charge in [-0.05, 0) is 43.3 Å². The number of nitrogens with one attached hydrogen (secondary N) is 2. The summed E-state index contributed by atoms with van der Waals surface area (Å²) in [6, 6.07) is 11.4. The molecule has 0 fully saturated rings. The highest BCUT2D eigenvalue weighted by Crippen LogP contribution is 2.21. The molecule has 142 valence electrons. The standard InChI is InChI=1S/C20H14F3N3O2/c1-11(27)12-3-2-4-14(9-12)25-17-8-5-13(10-24-17)20(28)26-16-7-6-15(21)18(22)19(16)23/h2-10H,1H3,(H,24,25)(H,26,28). The molecule has 1 heterocycles. The maximum Gasteiger partial charge on any atom is 0.257 e. The van der Waals surface area contributed by atoms with E-state index in [0.717, 1.165) is 6.07 Å². The summed E-state index contributed by atoms with van der Waals surface area (Å²) in [5, 5.41) is 5.16. The minimum atomic E-state index is -1.66. The Bertz CT molecular complexity index is 1050. The summed E-state index contributed by atoms with van der Waals surface area (Å²) < 4.78 is 39.8. The molecule has 1 aromatic heterocycles. The Morgan fingerprint density at radius 3 is 2.39 bits per heavy atom. The Hall–Kier alpha value is -3.68. The number of pyridine rings is 1. The molecule has 0 aliphatic carbocycles. The number of benzene rings is 2. The molecule has 8 heteroatoms. The third kappa shape index (κ3) is 4.17. The van der Waals surface area contributed by atoms with Crippen molar-refractivity contribution in [3.8, 4) is 0 Å². The fourth-order valence-corrected chi connectivity index (χ4v) is 2.38. The van der Waals surface area contributed by atoms with Crippen LogP contribution in [0.15, 0.2) is 54.7 Å². The zero-order valence-electron chi connectivity index (χ0n) is 14.6. The first kappa shape index (κ1) is 19.1. The van der Waals surface area contributed by atoms with E-state index in [4.69, 9.17) is 0 Å². The van der Waals surface area contributed by atoms with Crippen molar-refractivity contribution in [3.63, 3.8) is 0 Å². The molecule has 2 aromatic carbocycles. The van der Waals surface area contributed by atoms with Gasteiger partial charge in [-0.15, -0.1) is 0 Å². The van der Waals surface area contributed by atoms with Gasteiger partial charge in [-0.2, -0.15) is 0 Å². The number of ketones is 1. The molecule has 0 saturated heterocycles. The van der Waals surface area contributed by atoms with Gasteiger partial charge in [0.25, 0.3) is 5.91 Å². The van der Waals surface area contributed by atoms with E-state index in [1.54, 1.807) is 24.3 Å². The van der Waals surface area contributed by atoms with E-state index in [0.29, 0.717) is 23.1 Å². The molecule has 1 amide bonds. The van der Waals surface area contributed by atoms with Gasteiger partial charge in [-0.3, -0.25) is 9.59 Å². The highest BCUT2D eigenvalue weighted by atomic mass is 19.2. The molecule has 0 unspecified atom stereocenters. The molecule has 0 atom stereocenters. The Kier molecular flexibility index (Phi) is 5.39. The van der Waals surface area contributed by atoms with Gasteiger partial charge in [0.15, 0.2) is 23.2 Å². The highest BCUT2D eigenvalue weighted by Gasteiger charge is 2.16. The van der Waals surface area contributed by atoms with Gasteiger partial charge >= 0.3 is 0 Å². The lowest BCUT2D eigenvalue weighted by molar-refractivity contribution is 0.101. The molecule has 0 bridgehead atoms. The maximum atomic E-state index is 13.7. The lowest BCUT2D eigenvalue weighted by atomic mass is 10.1. The van der Waals surface area contributed by atoms with Crippen LogP contribution in [0.5, 0.6) is 0 Å². The Balaban J connectivity index is 1.72. The van der Waals surface area contributed by atoms with Crippen molar-refractivity contribution in [2.45, 2.75) is 6.92 Å². The van der Waals surface area contributed by atoms with Crippen LogP contribution in [0.4, 0.5) is 30.4 Å². The average molecular weight is 385 g/mol. The van der Waals surface area contributed by atoms with Crippen molar-refractivity contribution in [3.05, 3.63) is 83.3 Å². The van der Waals surface area contributed by atoms with Crippen molar-refractivity contribution < 1.29 is 22.8 Å². The van der Waals surface area contributed by atoms with Gasteiger partial charge in [-0.25, -0.2) is 18.2 Å². The van der Waals surface area contributed by atoms with Crippen molar-refractivity contribution in [2.24, 2.45) is 0 Å².